The molecule has 1 unspecified atom stereocenters. The van der Waals surface area contributed by atoms with E-state index in [-0.39, 0.29) is 6.04 Å². The van der Waals surface area contributed by atoms with E-state index >= 15 is 0 Å². The van der Waals surface area contributed by atoms with E-state index in [1.807, 2.05) is 12.1 Å². The van der Waals surface area contributed by atoms with Gasteiger partial charge in [-0.2, -0.15) is 11.3 Å². The summed E-state index contributed by atoms with van der Waals surface area (Å²) in [6, 6.07) is 8.42. The maximum absolute atomic E-state index is 6.13. The summed E-state index contributed by atoms with van der Waals surface area (Å²) in [4.78, 5) is 2.26. The number of rotatable bonds is 6. The van der Waals surface area contributed by atoms with E-state index in [2.05, 4.69) is 41.8 Å². The van der Waals surface area contributed by atoms with Gasteiger partial charge in [-0.1, -0.05) is 18.5 Å². The predicted octanol–water partition coefficient (Wildman–Crippen LogP) is 4.32. The highest BCUT2D eigenvalue weighted by molar-refractivity contribution is 7.07. The first-order chi connectivity index (χ1) is 9.60. The Hall–Kier alpha value is -1.03. The van der Waals surface area contributed by atoms with Gasteiger partial charge in [0, 0.05) is 30.3 Å². The molecule has 1 atom stereocenters. The van der Waals surface area contributed by atoms with Gasteiger partial charge in [-0.15, -0.1) is 0 Å². The average Bonchev–Trinajstić information content (AvgIpc) is 2.91. The zero-order valence-electron chi connectivity index (χ0n) is 12.0. The second-order valence-electron chi connectivity index (χ2n) is 5.13. The van der Waals surface area contributed by atoms with Crippen LogP contribution in [-0.4, -0.2) is 13.1 Å². The Morgan fingerprint density at radius 1 is 1.35 bits per heavy atom. The van der Waals surface area contributed by atoms with Gasteiger partial charge >= 0.3 is 0 Å². The molecule has 0 spiro atoms. The summed E-state index contributed by atoms with van der Waals surface area (Å²) < 4.78 is 0. The van der Waals surface area contributed by atoms with Crippen LogP contribution in [0.1, 0.15) is 24.5 Å². The Bertz CT molecular complexity index is 539. The molecule has 20 heavy (non-hydrogen) atoms. The molecule has 0 bridgehead atoms. The van der Waals surface area contributed by atoms with Crippen molar-refractivity contribution in [3.05, 3.63) is 51.2 Å². The molecule has 1 aromatic heterocycles. The lowest BCUT2D eigenvalue weighted by Gasteiger charge is -2.23. The van der Waals surface area contributed by atoms with Gasteiger partial charge in [0.2, 0.25) is 0 Å². The van der Waals surface area contributed by atoms with Crippen molar-refractivity contribution in [2.24, 2.45) is 5.73 Å². The van der Waals surface area contributed by atoms with Gasteiger partial charge in [-0.25, -0.2) is 0 Å². The Balaban J connectivity index is 2.20. The number of nitrogens with two attached hydrogens (primary N) is 1. The Morgan fingerprint density at radius 2 is 2.15 bits per heavy atom. The van der Waals surface area contributed by atoms with Crippen LogP contribution in [0.2, 0.25) is 5.02 Å². The molecule has 0 saturated heterocycles. The number of benzene rings is 1. The zero-order chi connectivity index (χ0) is 14.5. The van der Waals surface area contributed by atoms with Crippen molar-refractivity contribution in [3.8, 4) is 0 Å². The third-order valence-corrected chi connectivity index (χ3v) is 4.43. The SMILES string of the molecule is CCC(N)Cc1cc(Cl)ccc1N(C)Cc1ccsc1. The van der Waals surface area contributed by atoms with E-state index in [9.17, 15) is 0 Å². The second-order valence-corrected chi connectivity index (χ2v) is 6.35. The van der Waals surface area contributed by atoms with Gasteiger partial charge in [0.05, 0.1) is 0 Å². The normalized spacial score (nSPS) is 12.4. The van der Waals surface area contributed by atoms with Crippen LogP contribution in [0.15, 0.2) is 35.0 Å². The number of hydrogen-bond donors (Lipinski definition) is 1. The minimum absolute atomic E-state index is 0.182. The molecule has 0 radical (unpaired) electrons. The molecule has 2 nitrogen and oxygen atoms in total. The van der Waals surface area contributed by atoms with E-state index in [0.29, 0.717) is 0 Å². The number of thiophene rings is 1. The molecule has 0 fully saturated rings. The summed E-state index contributed by atoms with van der Waals surface area (Å²) in [6.45, 7) is 3.02. The molecule has 2 N–H and O–H groups in total. The number of anilines is 1. The molecule has 4 heteroatoms. The molecule has 0 amide bonds. The minimum Gasteiger partial charge on any atom is -0.370 e. The molecule has 108 valence electrons. The molecule has 2 aromatic rings. The van der Waals surface area contributed by atoms with Crippen molar-refractivity contribution < 1.29 is 0 Å². The van der Waals surface area contributed by atoms with E-state index in [1.165, 1.54) is 16.8 Å². The molecule has 0 aliphatic heterocycles. The van der Waals surface area contributed by atoms with Gasteiger partial charge in [-0.05, 0) is 59.0 Å². The smallest absolute Gasteiger partial charge is 0.0434 e. The van der Waals surface area contributed by atoms with Crippen molar-refractivity contribution in [3.63, 3.8) is 0 Å². The van der Waals surface area contributed by atoms with Crippen LogP contribution in [0.25, 0.3) is 0 Å². The van der Waals surface area contributed by atoms with Crippen LogP contribution in [0, 0.1) is 0 Å². The third-order valence-electron chi connectivity index (χ3n) is 3.46. The maximum atomic E-state index is 6.13. The molecular weight excluding hydrogens is 288 g/mol. The number of nitrogens with zero attached hydrogens (tertiary/aromatic N) is 1. The lowest BCUT2D eigenvalue weighted by atomic mass is 10.0. The second kappa shape index (κ2) is 7.11. The fourth-order valence-electron chi connectivity index (χ4n) is 2.26. The Morgan fingerprint density at radius 3 is 2.80 bits per heavy atom. The monoisotopic (exact) mass is 308 g/mol. The van der Waals surface area contributed by atoms with Gasteiger partial charge in [0.1, 0.15) is 0 Å². The first-order valence-electron chi connectivity index (χ1n) is 6.86. The van der Waals surface area contributed by atoms with E-state index in [1.54, 1.807) is 11.3 Å². The van der Waals surface area contributed by atoms with Crippen LogP contribution in [-0.2, 0) is 13.0 Å². The first kappa shape index (κ1) is 15.4. The van der Waals surface area contributed by atoms with E-state index < -0.39 is 0 Å². The maximum Gasteiger partial charge on any atom is 0.0434 e. The molecule has 0 aliphatic rings. The largest absolute Gasteiger partial charge is 0.370 e. The number of hydrogen-bond acceptors (Lipinski definition) is 3. The highest BCUT2D eigenvalue weighted by atomic mass is 35.5. The third kappa shape index (κ3) is 3.98. The summed E-state index contributed by atoms with van der Waals surface area (Å²) in [5.74, 6) is 0. The van der Waals surface area contributed by atoms with E-state index in [0.717, 1.165) is 24.4 Å². The molecule has 0 aliphatic carbocycles. The van der Waals surface area contributed by atoms with Crippen LogP contribution >= 0.6 is 22.9 Å². The Labute approximate surface area is 130 Å². The van der Waals surface area contributed by atoms with Crippen LogP contribution in [0.4, 0.5) is 5.69 Å². The minimum atomic E-state index is 0.182. The van der Waals surface area contributed by atoms with Gasteiger partial charge in [0.25, 0.3) is 0 Å². The Kier molecular flexibility index (Phi) is 5.46. The highest BCUT2D eigenvalue weighted by Gasteiger charge is 2.11. The highest BCUT2D eigenvalue weighted by Crippen LogP contribution is 2.26. The quantitative estimate of drug-likeness (QED) is 0.861. The topological polar surface area (TPSA) is 29.3 Å². The van der Waals surface area contributed by atoms with Gasteiger partial charge < -0.3 is 10.6 Å². The fraction of sp³-hybridized carbons (Fsp3) is 0.375. The zero-order valence-corrected chi connectivity index (χ0v) is 13.5. The lowest BCUT2D eigenvalue weighted by Crippen LogP contribution is -2.24. The summed E-state index contributed by atoms with van der Waals surface area (Å²) in [5.41, 5.74) is 9.87. The van der Waals surface area contributed by atoms with Crippen molar-refractivity contribution in [1.82, 2.24) is 0 Å². The van der Waals surface area contributed by atoms with Crippen LogP contribution in [0.5, 0.6) is 0 Å². The van der Waals surface area contributed by atoms with Crippen molar-refractivity contribution in [1.29, 1.82) is 0 Å². The van der Waals surface area contributed by atoms with Crippen molar-refractivity contribution in [2.75, 3.05) is 11.9 Å². The van der Waals surface area contributed by atoms with Crippen LogP contribution in [0.3, 0.4) is 0 Å². The summed E-state index contributed by atoms with van der Waals surface area (Å²) in [7, 11) is 2.11. The summed E-state index contributed by atoms with van der Waals surface area (Å²) in [5, 5.41) is 5.07. The number of halogens is 1. The molecule has 2 rings (SSSR count). The fourth-order valence-corrected chi connectivity index (χ4v) is 3.11. The molecular formula is C16H21ClN2S. The van der Waals surface area contributed by atoms with Crippen molar-refractivity contribution in [2.45, 2.75) is 32.4 Å². The van der Waals surface area contributed by atoms with Crippen LogP contribution < -0.4 is 10.6 Å². The lowest BCUT2D eigenvalue weighted by molar-refractivity contribution is 0.645. The molecule has 0 saturated carbocycles. The van der Waals surface area contributed by atoms with Gasteiger partial charge in [0.15, 0.2) is 0 Å². The standard InChI is InChI=1S/C16H21ClN2S/c1-3-15(18)9-13-8-14(17)4-5-16(13)19(2)10-12-6-7-20-11-12/h4-8,11,15H,3,9-10,18H2,1-2H3. The molecule has 1 aromatic carbocycles. The van der Waals surface area contributed by atoms with Gasteiger partial charge in [-0.3, -0.25) is 0 Å². The molecule has 1 heterocycles. The first-order valence-corrected chi connectivity index (χ1v) is 8.18. The summed E-state index contributed by atoms with van der Waals surface area (Å²) in [6.07, 6.45) is 1.83. The average molecular weight is 309 g/mol. The van der Waals surface area contributed by atoms with Crippen molar-refractivity contribution >= 4 is 28.6 Å². The van der Waals surface area contributed by atoms with E-state index in [4.69, 9.17) is 17.3 Å². The summed E-state index contributed by atoms with van der Waals surface area (Å²) >= 11 is 7.86. The predicted molar refractivity (Wildman–Crippen MR) is 89.8 cm³/mol.